The summed E-state index contributed by atoms with van der Waals surface area (Å²) in [4.78, 5) is 6.48. The standard InChI is InChI=1S/C13H18N6O/c1-10-16-12(18-20-10)9-14-8-11-4-3-7-19(11)13-5-2-6-15-17-13/h2,5-6,11,14H,3-4,7-9H2,1H3/t11-/m1/s1. The van der Waals surface area contributed by atoms with E-state index in [-0.39, 0.29) is 0 Å². The third-order valence-corrected chi connectivity index (χ3v) is 3.46. The third-order valence-electron chi connectivity index (χ3n) is 3.46. The van der Waals surface area contributed by atoms with Crippen LogP contribution in [0.25, 0.3) is 0 Å². The minimum absolute atomic E-state index is 0.444. The number of hydrogen-bond acceptors (Lipinski definition) is 7. The van der Waals surface area contributed by atoms with E-state index in [1.54, 1.807) is 13.1 Å². The van der Waals surface area contributed by atoms with E-state index >= 15 is 0 Å². The Balaban J connectivity index is 1.54. The number of nitrogens with zero attached hydrogens (tertiary/aromatic N) is 5. The van der Waals surface area contributed by atoms with Crippen LogP contribution in [0.2, 0.25) is 0 Å². The van der Waals surface area contributed by atoms with Gasteiger partial charge >= 0.3 is 0 Å². The zero-order valence-corrected chi connectivity index (χ0v) is 11.5. The van der Waals surface area contributed by atoms with E-state index in [9.17, 15) is 0 Å². The number of nitrogens with one attached hydrogen (secondary N) is 1. The summed E-state index contributed by atoms with van der Waals surface area (Å²) < 4.78 is 4.95. The molecule has 1 aliphatic heterocycles. The van der Waals surface area contributed by atoms with Crippen LogP contribution in [0, 0.1) is 6.92 Å². The Morgan fingerprint density at radius 2 is 2.45 bits per heavy atom. The van der Waals surface area contributed by atoms with Gasteiger partial charge in [-0.1, -0.05) is 5.16 Å². The summed E-state index contributed by atoms with van der Waals surface area (Å²) in [5.74, 6) is 2.25. The fourth-order valence-corrected chi connectivity index (χ4v) is 2.56. The lowest BCUT2D eigenvalue weighted by atomic mass is 10.2. The second-order valence-electron chi connectivity index (χ2n) is 4.93. The lowest BCUT2D eigenvalue weighted by Gasteiger charge is -2.25. The second kappa shape index (κ2) is 5.96. The van der Waals surface area contributed by atoms with Crippen molar-refractivity contribution in [2.75, 3.05) is 18.0 Å². The maximum atomic E-state index is 4.95. The van der Waals surface area contributed by atoms with Crippen molar-refractivity contribution in [3.8, 4) is 0 Å². The van der Waals surface area contributed by atoms with Gasteiger partial charge in [0.1, 0.15) is 0 Å². The maximum Gasteiger partial charge on any atom is 0.223 e. The van der Waals surface area contributed by atoms with Crippen molar-refractivity contribution in [3.05, 3.63) is 30.0 Å². The molecular formula is C13H18N6O. The maximum absolute atomic E-state index is 4.95. The van der Waals surface area contributed by atoms with E-state index in [0.29, 0.717) is 24.3 Å². The van der Waals surface area contributed by atoms with E-state index in [4.69, 9.17) is 4.52 Å². The Kier molecular flexibility index (Phi) is 3.87. The molecule has 0 amide bonds. The molecule has 0 radical (unpaired) electrons. The molecule has 0 aromatic carbocycles. The van der Waals surface area contributed by atoms with Gasteiger partial charge in [0.15, 0.2) is 11.6 Å². The predicted octanol–water partition coefficient (Wildman–Crippen LogP) is 0.927. The minimum Gasteiger partial charge on any atom is -0.351 e. The molecule has 2 aromatic heterocycles. The summed E-state index contributed by atoms with van der Waals surface area (Å²) in [5.41, 5.74) is 0. The van der Waals surface area contributed by atoms with Crippen molar-refractivity contribution in [2.45, 2.75) is 32.4 Å². The average Bonchev–Trinajstić information content (AvgIpc) is 3.09. The zero-order valence-electron chi connectivity index (χ0n) is 11.5. The first-order valence-corrected chi connectivity index (χ1v) is 6.87. The minimum atomic E-state index is 0.444. The van der Waals surface area contributed by atoms with E-state index in [2.05, 4.69) is 30.6 Å². The zero-order chi connectivity index (χ0) is 13.8. The molecule has 1 aliphatic rings. The van der Waals surface area contributed by atoms with Gasteiger partial charge in [-0.25, -0.2) is 0 Å². The molecule has 2 aromatic rings. The van der Waals surface area contributed by atoms with Crippen LogP contribution in [0.4, 0.5) is 5.82 Å². The van der Waals surface area contributed by atoms with E-state index in [1.165, 1.54) is 6.42 Å². The van der Waals surface area contributed by atoms with Gasteiger partial charge < -0.3 is 14.7 Å². The molecule has 0 spiro atoms. The molecule has 7 heteroatoms. The highest BCUT2D eigenvalue weighted by Gasteiger charge is 2.25. The van der Waals surface area contributed by atoms with Gasteiger partial charge in [-0.3, -0.25) is 0 Å². The Labute approximate surface area is 117 Å². The first-order valence-electron chi connectivity index (χ1n) is 6.87. The Morgan fingerprint density at radius 3 is 3.20 bits per heavy atom. The highest BCUT2D eigenvalue weighted by atomic mass is 16.5. The molecule has 0 saturated carbocycles. The molecule has 0 bridgehead atoms. The largest absolute Gasteiger partial charge is 0.351 e. The van der Waals surface area contributed by atoms with Crippen LogP contribution in [-0.2, 0) is 6.54 Å². The van der Waals surface area contributed by atoms with Gasteiger partial charge in [0, 0.05) is 32.3 Å². The molecule has 1 saturated heterocycles. The summed E-state index contributed by atoms with van der Waals surface area (Å²) >= 11 is 0. The number of aryl methyl sites for hydroxylation is 1. The summed E-state index contributed by atoms with van der Waals surface area (Å²) in [7, 11) is 0. The molecule has 3 rings (SSSR count). The van der Waals surface area contributed by atoms with Crippen LogP contribution >= 0.6 is 0 Å². The first kappa shape index (κ1) is 13.0. The third kappa shape index (κ3) is 2.93. The molecule has 3 heterocycles. The molecule has 1 fully saturated rings. The fraction of sp³-hybridized carbons (Fsp3) is 0.538. The second-order valence-corrected chi connectivity index (χ2v) is 4.93. The lowest BCUT2D eigenvalue weighted by Crippen LogP contribution is -2.38. The van der Waals surface area contributed by atoms with Crippen LogP contribution in [-0.4, -0.2) is 39.5 Å². The average molecular weight is 274 g/mol. The number of anilines is 1. The van der Waals surface area contributed by atoms with Crippen LogP contribution in [0.3, 0.4) is 0 Å². The van der Waals surface area contributed by atoms with Crippen LogP contribution in [0.15, 0.2) is 22.9 Å². The van der Waals surface area contributed by atoms with E-state index in [1.807, 2.05) is 12.1 Å². The van der Waals surface area contributed by atoms with E-state index < -0.39 is 0 Å². The Morgan fingerprint density at radius 1 is 1.50 bits per heavy atom. The van der Waals surface area contributed by atoms with Gasteiger partial charge in [-0.05, 0) is 25.0 Å². The SMILES string of the molecule is Cc1nc(CNC[C@H]2CCCN2c2cccnn2)no1. The van der Waals surface area contributed by atoms with Crippen LogP contribution in [0.1, 0.15) is 24.6 Å². The summed E-state index contributed by atoms with van der Waals surface area (Å²) in [5, 5.41) is 15.4. The van der Waals surface area contributed by atoms with E-state index in [0.717, 1.165) is 25.3 Å². The van der Waals surface area contributed by atoms with Crippen molar-refractivity contribution < 1.29 is 4.52 Å². The Hall–Kier alpha value is -2.02. The summed E-state index contributed by atoms with van der Waals surface area (Å²) in [6.07, 6.45) is 4.05. The van der Waals surface area contributed by atoms with Gasteiger partial charge in [0.25, 0.3) is 0 Å². The normalized spacial score (nSPS) is 18.6. The highest BCUT2D eigenvalue weighted by Crippen LogP contribution is 2.22. The lowest BCUT2D eigenvalue weighted by molar-refractivity contribution is 0.385. The molecule has 20 heavy (non-hydrogen) atoms. The van der Waals surface area contributed by atoms with Gasteiger partial charge in [0.05, 0.1) is 6.54 Å². The van der Waals surface area contributed by atoms with Gasteiger partial charge in [-0.15, -0.1) is 5.10 Å². The van der Waals surface area contributed by atoms with Crippen LogP contribution in [0.5, 0.6) is 0 Å². The smallest absolute Gasteiger partial charge is 0.223 e. The molecule has 7 nitrogen and oxygen atoms in total. The molecule has 0 unspecified atom stereocenters. The first-order chi connectivity index (χ1) is 9.83. The molecule has 1 atom stereocenters. The summed E-state index contributed by atoms with van der Waals surface area (Å²) in [6, 6.07) is 4.38. The highest BCUT2D eigenvalue weighted by molar-refractivity contribution is 5.39. The van der Waals surface area contributed by atoms with Gasteiger partial charge in [0.2, 0.25) is 5.89 Å². The Bertz CT molecular complexity index is 543. The number of hydrogen-bond donors (Lipinski definition) is 1. The summed E-state index contributed by atoms with van der Waals surface area (Å²) in [6.45, 7) is 4.34. The monoisotopic (exact) mass is 274 g/mol. The van der Waals surface area contributed by atoms with Crippen molar-refractivity contribution in [1.82, 2.24) is 25.7 Å². The van der Waals surface area contributed by atoms with Crippen molar-refractivity contribution in [1.29, 1.82) is 0 Å². The van der Waals surface area contributed by atoms with Crippen molar-refractivity contribution in [2.24, 2.45) is 0 Å². The fourth-order valence-electron chi connectivity index (χ4n) is 2.56. The topological polar surface area (TPSA) is 80.0 Å². The molecule has 1 N–H and O–H groups in total. The van der Waals surface area contributed by atoms with Crippen molar-refractivity contribution in [3.63, 3.8) is 0 Å². The quantitative estimate of drug-likeness (QED) is 0.868. The van der Waals surface area contributed by atoms with Crippen LogP contribution < -0.4 is 10.2 Å². The predicted molar refractivity (Wildman–Crippen MR) is 73.1 cm³/mol. The molecule has 106 valence electrons. The number of rotatable bonds is 5. The number of aromatic nitrogens is 4. The molecular weight excluding hydrogens is 256 g/mol. The van der Waals surface area contributed by atoms with Crippen molar-refractivity contribution >= 4 is 5.82 Å². The molecule has 0 aliphatic carbocycles. The van der Waals surface area contributed by atoms with Gasteiger partial charge in [-0.2, -0.15) is 10.1 Å².